The number of rotatable bonds is 4. The maximum Gasteiger partial charge on any atom is 0.292 e. The molecule has 0 aliphatic heterocycles. The second kappa shape index (κ2) is 5.17. The second-order valence-electron chi connectivity index (χ2n) is 2.95. The number of H-pyrrole nitrogens is 1. The Labute approximate surface area is 104 Å². The molecule has 0 atom stereocenters. The molecular formula is C8H8BrN5OS. The second-order valence-corrected chi connectivity index (χ2v) is 5.49. The average molecular weight is 302 g/mol. The van der Waals surface area contributed by atoms with Gasteiger partial charge in [-0.25, -0.2) is 0 Å². The highest BCUT2D eigenvalue weighted by Crippen LogP contribution is 2.21. The van der Waals surface area contributed by atoms with Crippen molar-refractivity contribution in [1.29, 1.82) is 0 Å². The van der Waals surface area contributed by atoms with E-state index in [2.05, 4.69) is 41.9 Å². The van der Waals surface area contributed by atoms with Gasteiger partial charge in [0.2, 0.25) is 0 Å². The number of carbonyl (C=O) groups is 1. The van der Waals surface area contributed by atoms with Gasteiger partial charge in [0.05, 0.1) is 3.79 Å². The molecule has 16 heavy (non-hydrogen) atoms. The summed E-state index contributed by atoms with van der Waals surface area (Å²) in [5.74, 6) is -0.253. The summed E-state index contributed by atoms with van der Waals surface area (Å²) in [7, 11) is 0. The molecule has 6 nitrogen and oxygen atoms in total. The van der Waals surface area contributed by atoms with E-state index in [4.69, 9.17) is 0 Å². The third-order valence-corrected chi connectivity index (χ3v) is 3.52. The Morgan fingerprint density at radius 1 is 1.56 bits per heavy atom. The first kappa shape index (κ1) is 11.2. The molecule has 0 bridgehead atoms. The number of hydrogen-bond donors (Lipinski definition) is 2. The van der Waals surface area contributed by atoms with Gasteiger partial charge in [-0.3, -0.25) is 4.79 Å². The minimum atomic E-state index is -0.315. The first-order chi connectivity index (χ1) is 7.75. The highest BCUT2D eigenvalue weighted by atomic mass is 79.9. The summed E-state index contributed by atoms with van der Waals surface area (Å²) < 4.78 is 1.09. The van der Waals surface area contributed by atoms with Crippen LogP contribution in [-0.4, -0.2) is 33.1 Å². The molecule has 0 spiro atoms. The van der Waals surface area contributed by atoms with Gasteiger partial charge in [-0.1, -0.05) is 0 Å². The van der Waals surface area contributed by atoms with E-state index in [1.54, 1.807) is 11.3 Å². The van der Waals surface area contributed by atoms with Crippen molar-refractivity contribution in [3.05, 3.63) is 26.6 Å². The molecule has 2 aromatic heterocycles. The summed E-state index contributed by atoms with van der Waals surface area (Å²) in [5, 5.41) is 15.4. The Hall–Kier alpha value is -1.28. The van der Waals surface area contributed by atoms with Gasteiger partial charge < -0.3 is 5.32 Å². The van der Waals surface area contributed by atoms with Crippen molar-refractivity contribution in [2.24, 2.45) is 0 Å². The third kappa shape index (κ3) is 2.86. The van der Waals surface area contributed by atoms with Crippen LogP contribution in [0.25, 0.3) is 0 Å². The molecule has 0 aromatic carbocycles. The van der Waals surface area contributed by atoms with Crippen molar-refractivity contribution in [3.8, 4) is 0 Å². The van der Waals surface area contributed by atoms with Crippen LogP contribution in [0.2, 0.25) is 0 Å². The van der Waals surface area contributed by atoms with Gasteiger partial charge in [-0.2, -0.15) is 5.21 Å². The van der Waals surface area contributed by atoms with Gasteiger partial charge in [-0.15, -0.1) is 21.5 Å². The maximum atomic E-state index is 11.4. The van der Waals surface area contributed by atoms with Gasteiger partial charge in [0.1, 0.15) is 0 Å². The Kier molecular flexibility index (Phi) is 3.62. The van der Waals surface area contributed by atoms with Crippen molar-refractivity contribution in [2.45, 2.75) is 6.42 Å². The van der Waals surface area contributed by atoms with E-state index in [0.717, 1.165) is 10.2 Å². The average Bonchev–Trinajstić information content (AvgIpc) is 2.89. The summed E-state index contributed by atoms with van der Waals surface area (Å²) in [5.41, 5.74) is 0. The molecule has 0 fully saturated rings. The minimum absolute atomic E-state index is 0.0624. The fraction of sp³-hybridized carbons (Fsp3) is 0.250. The number of nitrogens with zero attached hydrogens (tertiary/aromatic N) is 3. The zero-order chi connectivity index (χ0) is 11.4. The number of nitrogens with one attached hydrogen (secondary N) is 2. The summed E-state index contributed by atoms with van der Waals surface area (Å²) >= 11 is 5.04. The van der Waals surface area contributed by atoms with Crippen LogP contribution >= 0.6 is 27.3 Å². The molecule has 2 heterocycles. The first-order valence-electron chi connectivity index (χ1n) is 4.51. The van der Waals surface area contributed by atoms with E-state index in [1.807, 2.05) is 12.1 Å². The fourth-order valence-corrected chi connectivity index (χ4v) is 2.61. The number of carbonyl (C=O) groups excluding carboxylic acids is 1. The number of thiophene rings is 1. The number of halogens is 1. The molecule has 0 unspecified atom stereocenters. The van der Waals surface area contributed by atoms with Gasteiger partial charge in [0.15, 0.2) is 0 Å². The number of aromatic nitrogens is 4. The predicted octanol–water partition coefficient (Wildman–Crippen LogP) is 0.996. The summed E-state index contributed by atoms with van der Waals surface area (Å²) in [4.78, 5) is 12.6. The van der Waals surface area contributed by atoms with E-state index in [0.29, 0.717) is 6.54 Å². The van der Waals surface area contributed by atoms with Crippen LogP contribution in [0.3, 0.4) is 0 Å². The minimum Gasteiger partial charge on any atom is -0.349 e. The highest BCUT2D eigenvalue weighted by molar-refractivity contribution is 9.11. The fourth-order valence-electron chi connectivity index (χ4n) is 1.12. The van der Waals surface area contributed by atoms with Gasteiger partial charge >= 0.3 is 0 Å². The van der Waals surface area contributed by atoms with Crippen molar-refractivity contribution < 1.29 is 4.79 Å². The largest absolute Gasteiger partial charge is 0.349 e. The highest BCUT2D eigenvalue weighted by Gasteiger charge is 2.09. The van der Waals surface area contributed by atoms with Crippen LogP contribution in [-0.2, 0) is 6.42 Å². The lowest BCUT2D eigenvalue weighted by atomic mass is 10.3. The Morgan fingerprint density at radius 2 is 2.44 bits per heavy atom. The van der Waals surface area contributed by atoms with E-state index < -0.39 is 0 Å². The first-order valence-corrected chi connectivity index (χ1v) is 6.12. The molecule has 2 aromatic rings. The molecule has 2 rings (SSSR count). The van der Waals surface area contributed by atoms with Crippen LogP contribution in [0, 0.1) is 0 Å². The lowest BCUT2D eigenvalue weighted by Gasteiger charge is -1.99. The van der Waals surface area contributed by atoms with Crippen molar-refractivity contribution in [3.63, 3.8) is 0 Å². The van der Waals surface area contributed by atoms with Crippen molar-refractivity contribution in [1.82, 2.24) is 25.9 Å². The lowest BCUT2D eigenvalue weighted by molar-refractivity contribution is 0.0944. The van der Waals surface area contributed by atoms with E-state index in [9.17, 15) is 4.79 Å². The number of tetrazole rings is 1. The molecule has 2 N–H and O–H groups in total. The van der Waals surface area contributed by atoms with Crippen molar-refractivity contribution >= 4 is 33.2 Å². The van der Waals surface area contributed by atoms with Crippen LogP contribution in [0.15, 0.2) is 15.9 Å². The molecule has 0 aliphatic rings. The molecule has 8 heteroatoms. The smallest absolute Gasteiger partial charge is 0.292 e. The van der Waals surface area contributed by atoms with E-state index in [-0.39, 0.29) is 11.7 Å². The summed E-state index contributed by atoms with van der Waals surface area (Å²) in [6, 6.07) is 4.01. The Morgan fingerprint density at radius 3 is 3.06 bits per heavy atom. The SMILES string of the molecule is O=C(NCCc1ccc(Br)s1)c1nn[nH]n1. The zero-order valence-corrected chi connectivity index (χ0v) is 10.5. The van der Waals surface area contributed by atoms with Crippen LogP contribution in [0.5, 0.6) is 0 Å². The quantitative estimate of drug-likeness (QED) is 0.882. The number of hydrogen-bond acceptors (Lipinski definition) is 5. The molecular weight excluding hydrogens is 294 g/mol. The van der Waals surface area contributed by atoms with E-state index >= 15 is 0 Å². The summed E-state index contributed by atoms with van der Waals surface area (Å²) in [6.45, 7) is 0.556. The molecule has 0 aliphatic carbocycles. The van der Waals surface area contributed by atoms with Gasteiger partial charge in [0, 0.05) is 11.4 Å². The lowest BCUT2D eigenvalue weighted by Crippen LogP contribution is -2.26. The molecule has 0 radical (unpaired) electrons. The number of aromatic amines is 1. The van der Waals surface area contributed by atoms with Crippen LogP contribution < -0.4 is 5.32 Å². The third-order valence-electron chi connectivity index (χ3n) is 1.83. The summed E-state index contributed by atoms with van der Waals surface area (Å²) in [6.07, 6.45) is 0.792. The van der Waals surface area contributed by atoms with Gasteiger partial charge in [0.25, 0.3) is 11.7 Å². The normalized spacial score (nSPS) is 10.3. The van der Waals surface area contributed by atoms with Crippen molar-refractivity contribution in [2.75, 3.05) is 6.54 Å². The van der Waals surface area contributed by atoms with E-state index in [1.165, 1.54) is 4.88 Å². The topological polar surface area (TPSA) is 83.6 Å². The number of amides is 1. The Bertz CT molecular complexity index is 468. The maximum absolute atomic E-state index is 11.4. The zero-order valence-electron chi connectivity index (χ0n) is 8.11. The molecule has 1 amide bonds. The van der Waals surface area contributed by atoms with Gasteiger partial charge in [-0.05, 0) is 39.7 Å². The molecule has 0 saturated heterocycles. The molecule has 84 valence electrons. The van der Waals surface area contributed by atoms with Crippen LogP contribution in [0.1, 0.15) is 15.5 Å². The molecule has 0 saturated carbocycles. The standard InChI is InChI=1S/C8H8BrN5OS/c9-6-2-1-5(16-6)3-4-10-8(15)7-11-13-14-12-7/h1-2H,3-4H2,(H,10,15)(H,11,12,13,14). The monoisotopic (exact) mass is 301 g/mol. The van der Waals surface area contributed by atoms with Crippen LogP contribution in [0.4, 0.5) is 0 Å². The Balaban J connectivity index is 1.78. The predicted molar refractivity (Wildman–Crippen MR) is 62.2 cm³/mol.